The molecule has 0 saturated carbocycles. The average molecular weight is 657 g/mol. The molecule has 0 radical (unpaired) electrons. The number of carbonyl (C=O) groups is 7. The maximum absolute atomic E-state index is 14.0. The third-order valence-corrected chi connectivity index (χ3v) is 10.5. The van der Waals surface area contributed by atoms with Crippen molar-refractivity contribution in [2.24, 2.45) is 0 Å². The summed E-state index contributed by atoms with van der Waals surface area (Å²) < 4.78 is 4.61. The first-order valence-electron chi connectivity index (χ1n) is 14.1. The average Bonchev–Trinajstić information content (AvgIpc) is 3.62. The fourth-order valence-corrected chi connectivity index (χ4v) is 8.46. The zero-order valence-electron chi connectivity index (χ0n) is 24.7. The summed E-state index contributed by atoms with van der Waals surface area (Å²) in [5.74, 6) is -3.94. The van der Waals surface area contributed by atoms with Crippen molar-refractivity contribution in [1.82, 2.24) is 30.5 Å². The largest absolute Gasteiger partial charge is 0.459 e. The number of rotatable bonds is 12. The highest BCUT2D eigenvalue weighted by Gasteiger charge is 2.74. The predicted octanol–water partition coefficient (Wildman–Crippen LogP) is 0.218. The van der Waals surface area contributed by atoms with E-state index in [2.05, 4.69) is 10.6 Å². The lowest BCUT2D eigenvalue weighted by Gasteiger charge is -2.53. The summed E-state index contributed by atoms with van der Waals surface area (Å²) in [6, 6.07) is 8.40. The van der Waals surface area contributed by atoms with Gasteiger partial charge in [0.05, 0.1) is 6.54 Å². The molecule has 238 valence electrons. The number of β-lactam (4-membered cyclic amide) rings is 1. The first kappa shape index (κ1) is 32.0. The summed E-state index contributed by atoms with van der Waals surface area (Å²) in [4.78, 5) is 92.3. The number of thiophene rings is 1. The van der Waals surface area contributed by atoms with Crippen LogP contribution in [0.4, 0.5) is 0 Å². The summed E-state index contributed by atoms with van der Waals surface area (Å²) in [6.45, 7) is 5.58. The number of nitrogens with zero attached hydrogens (tertiary/aromatic N) is 4. The molecule has 0 bridgehead atoms. The summed E-state index contributed by atoms with van der Waals surface area (Å²) >= 11 is 2.24. The van der Waals surface area contributed by atoms with Gasteiger partial charge in [0, 0.05) is 22.7 Å². The van der Waals surface area contributed by atoms with Crippen LogP contribution < -0.4 is 10.6 Å². The van der Waals surface area contributed by atoms with Crippen molar-refractivity contribution in [3.05, 3.63) is 58.3 Å². The summed E-state index contributed by atoms with van der Waals surface area (Å²) in [7, 11) is 0. The molecule has 4 heterocycles. The van der Waals surface area contributed by atoms with Crippen LogP contribution >= 0.6 is 23.1 Å². The van der Waals surface area contributed by atoms with E-state index in [1.54, 1.807) is 62.5 Å². The zero-order chi connectivity index (χ0) is 32.5. The molecule has 3 fully saturated rings. The molecule has 3 aliphatic rings. The Labute approximate surface area is 267 Å². The normalized spacial score (nSPS) is 24.3. The van der Waals surface area contributed by atoms with E-state index in [1.165, 1.54) is 9.80 Å². The van der Waals surface area contributed by atoms with Gasteiger partial charge in [-0.1, -0.05) is 36.4 Å². The molecule has 14 nitrogen and oxygen atoms in total. The van der Waals surface area contributed by atoms with Crippen molar-refractivity contribution < 1.29 is 38.3 Å². The lowest BCUT2D eigenvalue weighted by atomic mass is 9.92. The summed E-state index contributed by atoms with van der Waals surface area (Å²) in [6.07, 6.45) is 0.669. The van der Waals surface area contributed by atoms with E-state index in [0.29, 0.717) is 17.8 Å². The third kappa shape index (κ3) is 5.52. The monoisotopic (exact) mass is 656 g/mol. The van der Waals surface area contributed by atoms with Crippen molar-refractivity contribution in [3.63, 3.8) is 0 Å². The smallest absolute Gasteiger partial charge is 0.330 e. The molecule has 3 saturated heterocycles. The standard InChI is InChI=1S/C29H32N6O8S2/c1-4-32-12-13-33(26(41)25(32)40)34(17-37)20(19-11-8-14-44-19)23(38)31-21-24(39)35-22(28(2,3)45-29(21,35)30-16-36)27(42)43-15-18-9-6-5-7-10-18/h5-11,14,16-17,20-22H,4,12-13,15H2,1-3H3,(H,30,36)(H,31,38)/t20?,21-,22-,29?/m0/s1. The van der Waals surface area contributed by atoms with Crippen LogP contribution in [0.15, 0.2) is 47.8 Å². The highest BCUT2D eigenvalue weighted by Crippen LogP contribution is 2.57. The number of fused-ring (bicyclic) bond motifs is 1. The topological polar surface area (TPSA) is 166 Å². The Morgan fingerprint density at radius 3 is 2.44 bits per heavy atom. The zero-order valence-corrected chi connectivity index (χ0v) is 26.3. The van der Waals surface area contributed by atoms with Crippen molar-refractivity contribution in [1.29, 1.82) is 0 Å². The molecule has 4 atom stereocenters. The Morgan fingerprint density at radius 2 is 1.82 bits per heavy atom. The Kier molecular flexibility index (Phi) is 8.89. The Hall–Kier alpha value is -4.44. The van der Waals surface area contributed by atoms with Crippen LogP contribution in [-0.2, 0) is 44.9 Å². The quantitative estimate of drug-likeness (QED) is 0.141. The van der Waals surface area contributed by atoms with Gasteiger partial charge in [0.1, 0.15) is 12.6 Å². The van der Waals surface area contributed by atoms with Crippen molar-refractivity contribution in [2.75, 3.05) is 19.6 Å². The van der Waals surface area contributed by atoms with Gasteiger partial charge in [0.15, 0.2) is 17.1 Å². The number of amides is 6. The maximum atomic E-state index is 14.0. The second kappa shape index (κ2) is 12.5. The molecule has 1 aromatic carbocycles. The van der Waals surface area contributed by atoms with Crippen molar-refractivity contribution >= 4 is 65.5 Å². The fourth-order valence-electron chi connectivity index (χ4n) is 5.85. The minimum atomic E-state index is -1.54. The van der Waals surface area contributed by atoms with Gasteiger partial charge in [-0.05, 0) is 37.8 Å². The molecule has 6 amide bonds. The lowest BCUT2D eigenvalue weighted by molar-refractivity contribution is -0.179. The number of benzene rings is 1. The number of nitrogens with one attached hydrogen (secondary N) is 2. The first-order valence-corrected chi connectivity index (χ1v) is 15.8. The van der Waals surface area contributed by atoms with E-state index in [0.717, 1.165) is 38.7 Å². The van der Waals surface area contributed by atoms with Crippen LogP contribution in [0, 0.1) is 0 Å². The van der Waals surface area contributed by atoms with Crippen LogP contribution in [0.3, 0.4) is 0 Å². The maximum Gasteiger partial charge on any atom is 0.330 e. The van der Waals surface area contributed by atoms with Crippen LogP contribution in [0.5, 0.6) is 0 Å². The van der Waals surface area contributed by atoms with Gasteiger partial charge in [-0.25, -0.2) is 14.8 Å². The molecular formula is C29H32N6O8S2. The number of thioether (sulfide) groups is 1. The molecule has 2 unspecified atom stereocenters. The van der Waals surface area contributed by atoms with Crippen molar-refractivity contribution in [3.8, 4) is 0 Å². The molecule has 3 aliphatic heterocycles. The summed E-state index contributed by atoms with van der Waals surface area (Å²) in [5, 5.41) is 8.73. The van der Waals surface area contributed by atoms with Gasteiger partial charge in [0.2, 0.25) is 12.8 Å². The van der Waals surface area contributed by atoms with Gasteiger partial charge >= 0.3 is 17.8 Å². The van der Waals surface area contributed by atoms with E-state index < -0.39 is 57.5 Å². The van der Waals surface area contributed by atoms with Gasteiger partial charge < -0.3 is 20.3 Å². The van der Waals surface area contributed by atoms with Crippen LogP contribution in [0.25, 0.3) is 0 Å². The fraction of sp³-hybridized carbons (Fsp3) is 0.414. The number of hydrazine groups is 1. The number of piperazine rings is 1. The minimum absolute atomic E-state index is 0.0228. The number of ether oxygens (including phenoxy) is 1. The van der Waals surface area contributed by atoms with Gasteiger partial charge in [0.25, 0.3) is 11.8 Å². The van der Waals surface area contributed by atoms with Crippen LogP contribution in [0.1, 0.15) is 37.3 Å². The number of carbonyl (C=O) groups excluding carboxylic acids is 7. The number of hydrogen-bond donors (Lipinski definition) is 2. The lowest BCUT2D eigenvalue weighted by Crippen LogP contribution is -2.82. The van der Waals surface area contributed by atoms with Gasteiger partial charge in [-0.15, -0.1) is 23.1 Å². The van der Waals surface area contributed by atoms with E-state index in [-0.39, 0.29) is 26.1 Å². The van der Waals surface area contributed by atoms with E-state index in [9.17, 15) is 33.6 Å². The van der Waals surface area contributed by atoms with Crippen LogP contribution in [-0.4, -0.2) is 104 Å². The van der Waals surface area contributed by atoms with E-state index in [4.69, 9.17) is 4.74 Å². The molecule has 0 spiro atoms. The molecule has 5 rings (SSSR count). The highest BCUT2D eigenvalue weighted by molar-refractivity contribution is 8.02. The highest BCUT2D eigenvalue weighted by atomic mass is 32.2. The first-order chi connectivity index (χ1) is 21.5. The minimum Gasteiger partial charge on any atom is -0.459 e. The second-order valence-corrected chi connectivity index (χ2v) is 13.9. The predicted molar refractivity (Wildman–Crippen MR) is 161 cm³/mol. The number of hydrogen-bond acceptors (Lipinski definition) is 10. The molecule has 2 N–H and O–H groups in total. The third-order valence-electron chi connectivity index (χ3n) is 7.95. The molecule has 16 heteroatoms. The Balaban J connectivity index is 1.40. The Bertz CT molecular complexity index is 1510. The molecule has 1 aromatic heterocycles. The van der Waals surface area contributed by atoms with Gasteiger partial charge in [-0.2, -0.15) is 0 Å². The van der Waals surface area contributed by atoms with Gasteiger partial charge in [-0.3, -0.25) is 33.7 Å². The van der Waals surface area contributed by atoms with Crippen molar-refractivity contribution in [2.45, 2.75) is 55.2 Å². The SMILES string of the molecule is CCN1CCN(N(C=O)C(C(=O)N[C@H]2C(=O)N3[C@@H](C(=O)OCc4ccccc4)C(C)(C)SC23NC=O)c2cccs2)C(=O)C1=O. The second-order valence-electron chi connectivity index (χ2n) is 11.0. The number of likely N-dealkylation sites (N-methyl/N-ethyl adjacent to an activating group) is 1. The van der Waals surface area contributed by atoms with Crippen LogP contribution in [0.2, 0.25) is 0 Å². The molecular weight excluding hydrogens is 624 g/mol. The van der Waals surface area contributed by atoms with E-state index >= 15 is 0 Å². The molecule has 45 heavy (non-hydrogen) atoms. The Morgan fingerprint density at radius 1 is 1.09 bits per heavy atom. The number of esters is 1. The van der Waals surface area contributed by atoms with E-state index in [1.807, 2.05) is 6.07 Å². The summed E-state index contributed by atoms with van der Waals surface area (Å²) in [5.41, 5.74) is 0.752. The molecule has 0 aliphatic carbocycles. The molecule has 2 aromatic rings.